The summed E-state index contributed by atoms with van der Waals surface area (Å²) in [6.07, 6.45) is 3.46. The van der Waals surface area contributed by atoms with Gasteiger partial charge in [0.2, 0.25) is 0 Å². The number of anilines is 1. The molecule has 0 saturated heterocycles. The zero-order valence-corrected chi connectivity index (χ0v) is 19.1. The van der Waals surface area contributed by atoms with Crippen LogP contribution >= 0.6 is 15.9 Å². The highest BCUT2D eigenvalue weighted by Gasteiger charge is 2.08. The molecule has 0 atom stereocenters. The maximum absolute atomic E-state index is 12.6. The van der Waals surface area contributed by atoms with E-state index in [0.29, 0.717) is 24.4 Å². The van der Waals surface area contributed by atoms with Crippen molar-refractivity contribution in [3.8, 4) is 11.5 Å². The van der Waals surface area contributed by atoms with Crippen LogP contribution in [-0.2, 0) is 13.2 Å². The summed E-state index contributed by atoms with van der Waals surface area (Å²) in [4.78, 5) is 12.6. The van der Waals surface area contributed by atoms with Crippen LogP contribution in [0.5, 0.6) is 11.5 Å². The van der Waals surface area contributed by atoms with E-state index in [-0.39, 0.29) is 5.91 Å². The van der Waals surface area contributed by atoms with Crippen molar-refractivity contribution in [2.75, 3.05) is 12.4 Å². The normalized spacial score (nSPS) is 10.6. The number of halogens is 1. The third-order valence-corrected chi connectivity index (χ3v) is 5.36. The van der Waals surface area contributed by atoms with E-state index in [1.807, 2.05) is 66.9 Å². The molecule has 0 aliphatic carbocycles. The Morgan fingerprint density at radius 2 is 1.59 bits per heavy atom. The Morgan fingerprint density at radius 3 is 2.28 bits per heavy atom. The van der Waals surface area contributed by atoms with E-state index in [2.05, 4.69) is 26.3 Å². The molecule has 0 radical (unpaired) electrons. The van der Waals surface area contributed by atoms with Gasteiger partial charge in [0, 0.05) is 16.2 Å². The zero-order chi connectivity index (χ0) is 22.3. The van der Waals surface area contributed by atoms with Crippen LogP contribution in [0.3, 0.4) is 0 Å². The van der Waals surface area contributed by atoms with Gasteiger partial charge in [-0.05, 0) is 59.7 Å². The Bertz CT molecular complexity index is 1170. The van der Waals surface area contributed by atoms with Crippen LogP contribution < -0.4 is 14.8 Å². The highest BCUT2D eigenvalue weighted by molar-refractivity contribution is 9.10. The summed E-state index contributed by atoms with van der Waals surface area (Å²) in [5, 5.41) is 7.21. The van der Waals surface area contributed by atoms with Gasteiger partial charge < -0.3 is 14.8 Å². The number of nitrogens with zero attached hydrogens (tertiary/aromatic N) is 2. The Labute approximate surface area is 194 Å². The lowest BCUT2D eigenvalue weighted by Crippen LogP contribution is -2.11. The van der Waals surface area contributed by atoms with Crippen LogP contribution in [0.2, 0.25) is 0 Å². The average Bonchev–Trinajstić information content (AvgIpc) is 3.26. The summed E-state index contributed by atoms with van der Waals surface area (Å²) in [7, 11) is 1.63. The van der Waals surface area contributed by atoms with Crippen LogP contribution in [0.25, 0.3) is 0 Å². The number of aromatic nitrogens is 2. The summed E-state index contributed by atoms with van der Waals surface area (Å²) < 4.78 is 13.7. The van der Waals surface area contributed by atoms with Crippen LogP contribution in [-0.4, -0.2) is 22.8 Å². The van der Waals surface area contributed by atoms with E-state index in [4.69, 9.17) is 9.47 Å². The molecule has 0 fully saturated rings. The molecule has 0 saturated carbocycles. The first-order valence-electron chi connectivity index (χ1n) is 10.0. The van der Waals surface area contributed by atoms with E-state index in [9.17, 15) is 4.79 Å². The van der Waals surface area contributed by atoms with Crippen molar-refractivity contribution in [3.05, 3.63) is 106 Å². The van der Waals surface area contributed by atoms with Crippen molar-refractivity contribution in [2.24, 2.45) is 0 Å². The molecule has 32 heavy (non-hydrogen) atoms. The van der Waals surface area contributed by atoms with E-state index in [0.717, 1.165) is 27.1 Å². The Balaban J connectivity index is 1.30. The molecule has 4 rings (SSSR count). The lowest BCUT2D eigenvalue weighted by molar-refractivity contribution is 0.102. The predicted octanol–water partition coefficient (Wildman–Crippen LogP) is 5.53. The van der Waals surface area contributed by atoms with Crippen LogP contribution in [0.15, 0.2) is 89.7 Å². The quantitative estimate of drug-likeness (QED) is 0.351. The topological polar surface area (TPSA) is 65.4 Å². The van der Waals surface area contributed by atoms with Gasteiger partial charge in [0.1, 0.15) is 18.1 Å². The third-order valence-electron chi connectivity index (χ3n) is 4.83. The molecule has 0 aliphatic rings. The summed E-state index contributed by atoms with van der Waals surface area (Å²) in [6, 6.07) is 22.8. The number of hydrogen-bond donors (Lipinski definition) is 1. The van der Waals surface area contributed by atoms with Crippen molar-refractivity contribution >= 4 is 27.5 Å². The van der Waals surface area contributed by atoms with Crippen LogP contribution in [0.1, 0.15) is 21.5 Å². The van der Waals surface area contributed by atoms with Gasteiger partial charge in [-0.1, -0.05) is 40.2 Å². The molecule has 0 spiro atoms. The van der Waals surface area contributed by atoms with Crippen LogP contribution in [0, 0.1) is 0 Å². The smallest absolute Gasteiger partial charge is 0.255 e. The SMILES string of the molecule is COc1ccc(OCc2ccc(C(=O)Nc3cnn(Cc4ccc(Br)cc4)c3)cc2)cc1. The summed E-state index contributed by atoms with van der Waals surface area (Å²) >= 11 is 3.43. The van der Waals surface area contributed by atoms with Gasteiger partial charge in [-0.15, -0.1) is 0 Å². The van der Waals surface area contributed by atoms with Crippen molar-refractivity contribution in [3.63, 3.8) is 0 Å². The largest absolute Gasteiger partial charge is 0.497 e. The Morgan fingerprint density at radius 1 is 0.938 bits per heavy atom. The fourth-order valence-electron chi connectivity index (χ4n) is 3.09. The zero-order valence-electron chi connectivity index (χ0n) is 17.5. The minimum Gasteiger partial charge on any atom is -0.497 e. The van der Waals surface area contributed by atoms with Crippen LogP contribution in [0.4, 0.5) is 5.69 Å². The van der Waals surface area contributed by atoms with E-state index < -0.39 is 0 Å². The van der Waals surface area contributed by atoms with Gasteiger partial charge in [-0.2, -0.15) is 5.10 Å². The molecule has 3 aromatic carbocycles. The Kier molecular flexibility index (Phi) is 6.87. The second-order valence-corrected chi connectivity index (χ2v) is 8.08. The van der Waals surface area contributed by atoms with Gasteiger partial charge in [-0.3, -0.25) is 9.48 Å². The van der Waals surface area contributed by atoms with Gasteiger partial charge in [0.15, 0.2) is 0 Å². The highest BCUT2D eigenvalue weighted by Crippen LogP contribution is 2.19. The number of methoxy groups -OCH3 is 1. The first kappa shape index (κ1) is 21.6. The van der Waals surface area contributed by atoms with E-state index >= 15 is 0 Å². The van der Waals surface area contributed by atoms with Crippen molar-refractivity contribution in [1.82, 2.24) is 9.78 Å². The standard InChI is InChI=1S/C25H22BrN3O3/c1-31-23-10-12-24(13-11-23)32-17-19-2-6-20(7-3-19)25(30)28-22-14-27-29(16-22)15-18-4-8-21(26)9-5-18/h2-14,16H,15,17H2,1H3,(H,28,30). The van der Waals surface area contributed by atoms with Gasteiger partial charge in [-0.25, -0.2) is 0 Å². The number of benzene rings is 3. The van der Waals surface area contributed by atoms with Crippen molar-refractivity contribution in [2.45, 2.75) is 13.2 Å². The number of hydrogen-bond acceptors (Lipinski definition) is 4. The molecule has 1 heterocycles. The molecule has 1 amide bonds. The minimum absolute atomic E-state index is 0.184. The molecular formula is C25H22BrN3O3. The molecule has 7 heteroatoms. The number of amides is 1. The number of carbonyl (C=O) groups excluding carboxylic acids is 1. The monoisotopic (exact) mass is 491 g/mol. The predicted molar refractivity (Wildman–Crippen MR) is 127 cm³/mol. The summed E-state index contributed by atoms with van der Waals surface area (Å²) in [5.74, 6) is 1.36. The molecule has 1 aromatic heterocycles. The lowest BCUT2D eigenvalue weighted by atomic mass is 10.1. The molecule has 0 aliphatic heterocycles. The fraction of sp³-hybridized carbons (Fsp3) is 0.120. The number of carbonyl (C=O) groups is 1. The molecule has 0 unspecified atom stereocenters. The van der Waals surface area contributed by atoms with Gasteiger partial charge in [0.25, 0.3) is 5.91 Å². The second kappa shape index (κ2) is 10.2. The van der Waals surface area contributed by atoms with E-state index in [1.54, 1.807) is 30.1 Å². The van der Waals surface area contributed by atoms with Gasteiger partial charge in [0.05, 0.1) is 25.5 Å². The summed E-state index contributed by atoms with van der Waals surface area (Å²) in [6.45, 7) is 1.04. The molecule has 0 bridgehead atoms. The second-order valence-electron chi connectivity index (χ2n) is 7.17. The van der Waals surface area contributed by atoms with Gasteiger partial charge >= 0.3 is 0 Å². The fourth-order valence-corrected chi connectivity index (χ4v) is 3.35. The first-order chi connectivity index (χ1) is 15.6. The molecule has 6 nitrogen and oxygen atoms in total. The number of nitrogens with one attached hydrogen (secondary N) is 1. The Hall–Kier alpha value is -3.58. The number of ether oxygens (including phenoxy) is 2. The number of rotatable bonds is 8. The third kappa shape index (κ3) is 5.76. The molecule has 162 valence electrons. The maximum Gasteiger partial charge on any atom is 0.255 e. The van der Waals surface area contributed by atoms with Crippen molar-refractivity contribution < 1.29 is 14.3 Å². The average molecular weight is 492 g/mol. The first-order valence-corrected chi connectivity index (χ1v) is 10.8. The maximum atomic E-state index is 12.6. The molecule has 4 aromatic rings. The minimum atomic E-state index is -0.184. The molecule has 1 N–H and O–H groups in total. The van der Waals surface area contributed by atoms with Crippen molar-refractivity contribution in [1.29, 1.82) is 0 Å². The highest BCUT2D eigenvalue weighted by atomic mass is 79.9. The summed E-state index contributed by atoms with van der Waals surface area (Å²) in [5.41, 5.74) is 3.32. The lowest BCUT2D eigenvalue weighted by Gasteiger charge is -2.08. The molecular weight excluding hydrogens is 470 g/mol. The van der Waals surface area contributed by atoms with E-state index in [1.165, 1.54) is 0 Å².